The number of hydrogen-bond acceptors (Lipinski definition) is 3. The van der Waals surface area contributed by atoms with E-state index < -0.39 is 22.9 Å². The summed E-state index contributed by atoms with van der Waals surface area (Å²) in [7, 11) is 0. The molecule has 1 saturated carbocycles. The number of nitriles is 1. The Kier molecular flexibility index (Phi) is 5.38. The minimum Gasteiger partial charge on any atom is -0.266 e. The number of halogens is 4. The van der Waals surface area contributed by atoms with Gasteiger partial charge in [0.1, 0.15) is 11.6 Å². The zero-order valence-electron chi connectivity index (χ0n) is 14.2. The van der Waals surface area contributed by atoms with Crippen LogP contribution in [0.3, 0.4) is 0 Å². The maximum atomic E-state index is 13.4. The fourth-order valence-electron chi connectivity index (χ4n) is 3.06. The van der Waals surface area contributed by atoms with Gasteiger partial charge in [-0.15, -0.1) is 0 Å². The first-order valence-corrected chi connectivity index (χ1v) is 8.79. The molecule has 0 bridgehead atoms. The SMILES string of the molecule is N#Cc1c(C(F)(F)F)cc(-c2ccc(Cl)cc2)n(N=C2CCCCC2)c1=O. The predicted octanol–water partition coefficient (Wildman–Crippen LogP) is 5.23. The normalized spacial score (nSPS) is 14.7. The molecule has 1 aromatic heterocycles. The molecule has 2 aromatic rings. The number of aromatic nitrogens is 1. The number of benzene rings is 1. The lowest BCUT2D eigenvalue weighted by Crippen LogP contribution is -2.27. The van der Waals surface area contributed by atoms with Crippen molar-refractivity contribution in [3.05, 3.63) is 56.8 Å². The molecule has 0 unspecified atom stereocenters. The van der Waals surface area contributed by atoms with E-state index in [0.29, 0.717) is 23.4 Å². The van der Waals surface area contributed by atoms with Gasteiger partial charge in [0.05, 0.1) is 11.3 Å². The van der Waals surface area contributed by atoms with Crippen LogP contribution in [0, 0.1) is 11.3 Å². The molecule has 140 valence electrons. The monoisotopic (exact) mass is 393 g/mol. The molecular formula is C19H15ClF3N3O. The Balaban J connectivity index is 2.31. The van der Waals surface area contributed by atoms with Gasteiger partial charge in [-0.3, -0.25) is 4.79 Å². The Bertz CT molecular complexity index is 977. The quantitative estimate of drug-likeness (QED) is 0.701. The Morgan fingerprint density at radius 3 is 2.30 bits per heavy atom. The average molecular weight is 394 g/mol. The zero-order valence-corrected chi connectivity index (χ0v) is 14.9. The molecule has 1 aromatic carbocycles. The van der Waals surface area contributed by atoms with E-state index in [-0.39, 0.29) is 5.69 Å². The van der Waals surface area contributed by atoms with Crippen LogP contribution < -0.4 is 5.56 Å². The molecule has 0 aliphatic heterocycles. The van der Waals surface area contributed by atoms with Crippen molar-refractivity contribution in [2.45, 2.75) is 38.3 Å². The Morgan fingerprint density at radius 2 is 1.74 bits per heavy atom. The molecule has 0 N–H and O–H groups in total. The average Bonchev–Trinajstić information content (AvgIpc) is 2.64. The van der Waals surface area contributed by atoms with E-state index in [0.717, 1.165) is 35.7 Å². The Morgan fingerprint density at radius 1 is 1.11 bits per heavy atom. The minimum atomic E-state index is -4.83. The van der Waals surface area contributed by atoms with Crippen LogP contribution in [-0.4, -0.2) is 10.4 Å². The van der Waals surface area contributed by atoms with Gasteiger partial charge in [0.2, 0.25) is 0 Å². The predicted molar refractivity (Wildman–Crippen MR) is 96.8 cm³/mol. The highest BCUT2D eigenvalue weighted by Gasteiger charge is 2.36. The molecular weight excluding hydrogens is 379 g/mol. The van der Waals surface area contributed by atoms with Crippen molar-refractivity contribution < 1.29 is 13.2 Å². The summed E-state index contributed by atoms with van der Waals surface area (Å²) in [6, 6.07) is 8.26. The van der Waals surface area contributed by atoms with Gasteiger partial charge >= 0.3 is 6.18 Å². The first-order valence-electron chi connectivity index (χ1n) is 8.41. The van der Waals surface area contributed by atoms with Crippen LogP contribution in [-0.2, 0) is 6.18 Å². The van der Waals surface area contributed by atoms with Crippen molar-refractivity contribution in [3.63, 3.8) is 0 Å². The van der Waals surface area contributed by atoms with Crippen LogP contribution >= 0.6 is 11.6 Å². The maximum absolute atomic E-state index is 13.4. The molecule has 1 aliphatic carbocycles. The summed E-state index contributed by atoms with van der Waals surface area (Å²) in [6.07, 6.45) is -0.604. The second-order valence-electron chi connectivity index (χ2n) is 6.28. The van der Waals surface area contributed by atoms with Crippen LogP contribution in [0.5, 0.6) is 0 Å². The largest absolute Gasteiger partial charge is 0.417 e. The lowest BCUT2D eigenvalue weighted by atomic mass is 9.99. The van der Waals surface area contributed by atoms with Crippen LogP contribution in [0.4, 0.5) is 13.2 Å². The van der Waals surface area contributed by atoms with Crippen molar-refractivity contribution in [1.29, 1.82) is 5.26 Å². The van der Waals surface area contributed by atoms with Crippen molar-refractivity contribution in [2.75, 3.05) is 0 Å². The third-order valence-electron chi connectivity index (χ3n) is 4.41. The third kappa shape index (κ3) is 4.06. The second-order valence-corrected chi connectivity index (χ2v) is 6.71. The zero-order chi connectivity index (χ0) is 19.6. The Hall–Kier alpha value is -2.59. The molecule has 1 aliphatic rings. The molecule has 0 amide bonds. The van der Waals surface area contributed by atoms with Crippen molar-refractivity contribution >= 4 is 17.3 Å². The molecule has 8 heteroatoms. The van der Waals surface area contributed by atoms with Crippen LogP contribution in [0.2, 0.25) is 5.02 Å². The lowest BCUT2D eigenvalue weighted by Gasteiger charge is -2.17. The molecule has 1 fully saturated rings. The van der Waals surface area contributed by atoms with E-state index in [9.17, 15) is 18.0 Å². The number of nitrogens with zero attached hydrogens (tertiary/aromatic N) is 3. The number of pyridine rings is 1. The summed E-state index contributed by atoms with van der Waals surface area (Å²) < 4.78 is 41.1. The molecule has 4 nitrogen and oxygen atoms in total. The van der Waals surface area contributed by atoms with Gasteiger partial charge in [-0.2, -0.15) is 28.2 Å². The molecule has 3 rings (SSSR count). The number of hydrogen-bond donors (Lipinski definition) is 0. The summed E-state index contributed by atoms with van der Waals surface area (Å²) in [5, 5.41) is 13.9. The third-order valence-corrected chi connectivity index (χ3v) is 4.67. The van der Waals surface area contributed by atoms with Crippen LogP contribution in [0.25, 0.3) is 11.3 Å². The van der Waals surface area contributed by atoms with Crippen LogP contribution in [0.15, 0.2) is 40.2 Å². The molecule has 1 heterocycles. The molecule has 0 atom stereocenters. The van der Waals surface area contributed by atoms with Crippen LogP contribution in [0.1, 0.15) is 43.2 Å². The van der Waals surface area contributed by atoms with Gasteiger partial charge < -0.3 is 0 Å². The summed E-state index contributed by atoms with van der Waals surface area (Å²) >= 11 is 5.86. The minimum absolute atomic E-state index is 0.0268. The lowest BCUT2D eigenvalue weighted by molar-refractivity contribution is -0.137. The smallest absolute Gasteiger partial charge is 0.266 e. The molecule has 0 saturated heterocycles. The standard InChI is InChI=1S/C19H15ClF3N3O/c20-13-8-6-12(7-9-13)17-10-16(19(21,22)23)15(11-24)18(27)26(17)25-14-4-2-1-3-5-14/h6-10H,1-5H2. The van der Waals surface area contributed by atoms with Crippen molar-refractivity contribution in [3.8, 4) is 17.3 Å². The van der Waals surface area contributed by atoms with E-state index >= 15 is 0 Å². The topological polar surface area (TPSA) is 58.1 Å². The highest BCUT2D eigenvalue weighted by atomic mass is 35.5. The number of alkyl halides is 3. The van der Waals surface area contributed by atoms with Gasteiger partial charge in [0.15, 0.2) is 0 Å². The highest BCUT2D eigenvalue weighted by Crippen LogP contribution is 2.34. The highest BCUT2D eigenvalue weighted by molar-refractivity contribution is 6.30. The van der Waals surface area contributed by atoms with Crippen molar-refractivity contribution in [1.82, 2.24) is 4.68 Å². The van der Waals surface area contributed by atoms with Gasteiger partial charge in [-0.1, -0.05) is 30.2 Å². The second kappa shape index (κ2) is 7.57. The van der Waals surface area contributed by atoms with Crippen molar-refractivity contribution in [2.24, 2.45) is 5.10 Å². The fourth-order valence-corrected chi connectivity index (χ4v) is 3.18. The number of rotatable bonds is 2. The fraction of sp³-hybridized carbons (Fsp3) is 0.316. The van der Waals surface area contributed by atoms with Gasteiger partial charge in [0.25, 0.3) is 5.56 Å². The molecule has 0 spiro atoms. The van der Waals surface area contributed by atoms with E-state index in [1.165, 1.54) is 30.3 Å². The van der Waals surface area contributed by atoms with E-state index in [4.69, 9.17) is 16.9 Å². The summed E-state index contributed by atoms with van der Waals surface area (Å²) in [4.78, 5) is 12.7. The summed E-state index contributed by atoms with van der Waals surface area (Å²) in [5.74, 6) is 0. The van der Waals surface area contributed by atoms with E-state index in [2.05, 4.69) is 5.10 Å². The first-order chi connectivity index (χ1) is 12.8. The van der Waals surface area contributed by atoms with E-state index in [1.54, 1.807) is 0 Å². The molecule has 0 radical (unpaired) electrons. The first kappa shape index (κ1) is 19.2. The van der Waals surface area contributed by atoms with E-state index in [1.807, 2.05) is 0 Å². The van der Waals surface area contributed by atoms with Gasteiger partial charge in [-0.05, 0) is 43.9 Å². The maximum Gasteiger partial charge on any atom is 0.417 e. The van der Waals surface area contributed by atoms with Gasteiger partial charge in [0, 0.05) is 16.3 Å². The summed E-state index contributed by atoms with van der Waals surface area (Å²) in [6.45, 7) is 0. The summed E-state index contributed by atoms with van der Waals surface area (Å²) in [5.41, 5.74) is -2.23. The molecule has 27 heavy (non-hydrogen) atoms. The Labute approximate surface area is 158 Å². The van der Waals surface area contributed by atoms with Gasteiger partial charge in [-0.25, -0.2) is 0 Å².